The largest absolute Gasteiger partial charge is 0.457 e. The highest BCUT2D eigenvalue weighted by molar-refractivity contribution is 6.05. The summed E-state index contributed by atoms with van der Waals surface area (Å²) in [5.41, 5.74) is 9.75. The maximum Gasteiger partial charge on any atom is 0.254 e. The van der Waals surface area contributed by atoms with Crippen molar-refractivity contribution in [1.29, 1.82) is 0 Å². The Morgan fingerprint density at radius 1 is 0.971 bits per heavy atom. The van der Waals surface area contributed by atoms with Crippen molar-refractivity contribution in [3.05, 3.63) is 103 Å². The molecule has 35 heavy (non-hydrogen) atoms. The first-order valence-electron chi connectivity index (χ1n) is 10.8. The van der Waals surface area contributed by atoms with E-state index in [4.69, 9.17) is 10.5 Å². The molecular weight excluding hydrogens is 442 g/mol. The standard InChI is InChI=1S/C27H21N5O3/c1-2-23(33)29-19-8-6-7-18(15-19)22-16-32-27(30-22)24(26(28)34)25(31-32)17-11-13-21(14-12-17)35-20-9-4-3-5-10-20/h2-16,31H,1H2,(H2,28,34)(H,29,33). The van der Waals surface area contributed by atoms with Crippen LogP contribution in [0.2, 0.25) is 0 Å². The predicted octanol–water partition coefficient (Wildman–Crippen LogP) is 5.01. The number of amides is 2. The van der Waals surface area contributed by atoms with Crippen LogP contribution in [0.3, 0.4) is 0 Å². The molecule has 5 aromatic rings. The van der Waals surface area contributed by atoms with Gasteiger partial charge in [0.05, 0.1) is 17.6 Å². The fourth-order valence-corrected chi connectivity index (χ4v) is 3.78. The van der Waals surface area contributed by atoms with Crippen molar-refractivity contribution in [3.8, 4) is 34.0 Å². The Bertz CT molecular complexity index is 1550. The quantitative estimate of drug-likeness (QED) is 0.294. The number of primary amides is 1. The first-order valence-corrected chi connectivity index (χ1v) is 10.8. The molecule has 8 heteroatoms. The Morgan fingerprint density at radius 3 is 2.43 bits per heavy atom. The summed E-state index contributed by atoms with van der Waals surface area (Å²) >= 11 is 0. The number of nitrogens with one attached hydrogen (secondary N) is 2. The van der Waals surface area contributed by atoms with Gasteiger partial charge >= 0.3 is 0 Å². The molecule has 2 aromatic heterocycles. The third-order valence-corrected chi connectivity index (χ3v) is 5.39. The fourth-order valence-electron chi connectivity index (χ4n) is 3.78. The maximum atomic E-state index is 12.4. The van der Waals surface area contributed by atoms with Crippen LogP contribution in [0.1, 0.15) is 10.4 Å². The van der Waals surface area contributed by atoms with E-state index in [1.54, 1.807) is 28.9 Å². The Hall–Kier alpha value is -5.11. The van der Waals surface area contributed by atoms with Crippen LogP contribution >= 0.6 is 0 Å². The molecule has 0 saturated carbocycles. The molecule has 4 N–H and O–H groups in total. The Kier molecular flexibility index (Phi) is 5.60. The first kappa shape index (κ1) is 21.7. The summed E-state index contributed by atoms with van der Waals surface area (Å²) in [5.74, 6) is 0.500. The average Bonchev–Trinajstić information content (AvgIpc) is 3.43. The lowest BCUT2D eigenvalue weighted by Gasteiger charge is -2.07. The van der Waals surface area contributed by atoms with Crippen LogP contribution in [0.25, 0.3) is 28.2 Å². The molecule has 0 saturated heterocycles. The molecule has 0 unspecified atom stereocenters. The van der Waals surface area contributed by atoms with Gasteiger partial charge in [0, 0.05) is 16.8 Å². The molecule has 0 spiro atoms. The van der Waals surface area contributed by atoms with Crippen molar-refractivity contribution >= 4 is 23.1 Å². The van der Waals surface area contributed by atoms with Crippen LogP contribution in [0, 0.1) is 0 Å². The van der Waals surface area contributed by atoms with Gasteiger partial charge in [-0.25, -0.2) is 9.50 Å². The second-order valence-electron chi connectivity index (χ2n) is 7.76. The molecule has 0 aliphatic carbocycles. The highest BCUT2D eigenvalue weighted by Crippen LogP contribution is 2.31. The number of H-pyrrole nitrogens is 1. The predicted molar refractivity (Wildman–Crippen MR) is 134 cm³/mol. The Balaban J connectivity index is 1.47. The monoisotopic (exact) mass is 463 g/mol. The fraction of sp³-hybridized carbons (Fsp3) is 0. The van der Waals surface area contributed by atoms with E-state index in [1.165, 1.54) is 6.08 Å². The van der Waals surface area contributed by atoms with Crippen LogP contribution in [0.5, 0.6) is 11.5 Å². The number of aromatic amines is 1. The molecule has 2 heterocycles. The number of carbonyl (C=O) groups excluding carboxylic acids is 2. The second-order valence-corrected chi connectivity index (χ2v) is 7.76. The summed E-state index contributed by atoms with van der Waals surface area (Å²) in [5, 5.41) is 5.93. The van der Waals surface area contributed by atoms with E-state index >= 15 is 0 Å². The van der Waals surface area contributed by atoms with Gasteiger partial charge < -0.3 is 15.8 Å². The second kappa shape index (κ2) is 9.03. The van der Waals surface area contributed by atoms with Crippen molar-refractivity contribution < 1.29 is 14.3 Å². The zero-order chi connectivity index (χ0) is 24.4. The average molecular weight is 463 g/mol. The van der Waals surface area contributed by atoms with Crippen LogP contribution in [0.15, 0.2) is 97.7 Å². The van der Waals surface area contributed by atoms with Gasteiger partial charge in [-0.2, -0.15) is 0 Å². The summed E-state index contributed by atoms with van der Waals surface area (Å²) in [7, 11) is 0. The number of benzene rings is 3. The van der Waals surface area contributed by atoms with E-state index < -0.39 is 5.91 Å². The molecule has 0 fully saturated rings. The zero-order valence-electron chi connectivity index (χ0n) is 18.6. The van der Waals surface area contributed by atoms with Crippen molar-refractivity contribution in [1.82, 2.24) is 14.6 Å². The van der Waals surface area contributed by atoms with E-state index in [0.717, 1.165) is 16.9 Å². The maximum absolute atomic E-state index is 12.4. The minimum Gasteiger partial charge on any atom is -0.457 e. The lowest BCUT2D eigenvalue weighted by Crippen LogP contribution is -2.12. The summed E-state index contributed by atoms with van der Waals surface area (Å²) in [6.07, 6.45) is 2.97. The first-order chi connectivity index (χ1) is 17.0. The molecule has 2 amide bonds. The van der Waals surface area contributed by atoms with Gasteiger partial charge in [-0.05, 0) is 54.6 Å². The molecule has 172 valence electrons. The number of imidazole rings is 1. The van der Waals surface area contributed by atoms with E-state index in [0.29, 0.717) is 28.5 Å². The number of hydrogen-bond acceptors (Lipinski definition) is 4. The summed E-state index contributed by atoms with van der Waals surface area (Å²) in [6.45, 7) is 3.46. The van der Waals surface area contributed by atoms with Gasteiger partial charge in [0.2, 0.25) is 5.91 Å². The number of ether oxygens (including phenoxy) is 1. The highest BCUT2D eigenvalue weighted by Gasteiger charge is 2.21. The highest BCUT2D eigenvalue weighted by atomic mass is 16.5. The number of nitrogens with two attached hydrogens (primary N) is 1. The lowest BCUT2D eigenvalue weighted by molar-refractivity contribution is -0.111. The zero-order valence-corrected chi connectivity index (χ0v) is 18.6. The smallest absolute Gasteiger partial charge is 0.254 e. The molecule has 0 atom stereocenters. The molecule has 0 aliphatic heterocycles. The van der Waals surface area contributed by atoms with E-state index in [-0.39, 0.29) is 11.5 Å². The van der Waals surface area contributed by atoms with E-state index in [2.05, 4.69) is 22.0 Å². The number of hydrogen-bond donors (Lipinski definition) is 3. The van der Waals surface area contributed by atoms with E-state index in [9.17, 15) is 9.59 Å². The normalized spacial score (nSPS) is 10.7. The van der Waals surface area contributed by atoms with Gasteiger partial charge in [-0.1, -0.05) is 36.9 Å². The van der Waals surface area contributed by atoms with Crippen LogP contribution in [0.4, 0.5) is 5.69 Å². The van der Waals surface area contributed by atoms with Gasteiger partial charge in [0.25, 0.3) is 5.91 Å². The van der Waals surface area contributed by atoms with Crippen molar-refractivity contribution in [2.24, 2.45) is 5.73 Å². The van der Waals surface area contributed by atoms with Crippen LogP contribution in [-0.2, 0) is 4.79 Å². The third-order valence-electron chi connectivity index (χ3n) is 5.39. The molecule has 0 bridgehead atoms. The minimum atomic E-state index is -0.597. The van der Waals surface area contributed by atoms with Crippen LogP contribution < -0.4 is 15.8 Å². The number of carbonyl (C=O) groups is 2. The summed E-state index contributed by atoms with van der Waals surface area (Å²) in [6, 6.07) is 24.1. The summed E-state index contributed by atoms with van der Waals surface area (Å²) in [4.78, 5) is 28.7. The molecular formula is C27H21N5O3. The third kappa shape index (κ3) is 4.40. The topological polar surface area (TPSA) is 115 Å². The van der Waals surface area contributed by atoms with Gasteiger partial charge in [0.1, 0.15) is 17.1 Å². The number of anilines is 1. The number of nitrogens with zero attached hydrogens (tertiary/aromatic N) is 2. The Labute approximate surface area is 200 Å². The molecule has 3 aromatic carbocycles. The SMILES string of the molecule is C=CC(=O)Nc1cccc(-c2cn3[nH]c(-c4ccc(Oc5ccccc5)cc4)c(C(N)=O)c3n2)c1. The van der Waals surface area contributed by atoms with Gasteiger partial charge in [-0.3, -0.25) is 14.7 Å². The summed E-state index contributed by atoms with van der Waals surface area (Å²) < 4.78 is 7.51. The van der Waals surface area contributed by atoms with Crippen molar-refractivity contribution in [2.75, 3.05) is 5.32 Å². The van der Waals surface area contributed by atoms with Crippen LogP contribution in [-0.4, -0.2) is 26.4 Å². The molecule has 8 nitrogen and oxygen atoms in total. The number of para-hydroxylation sites is 1. The van der Waals surface area contributed by atoms with Gasteiger partial charge in [-0.15, -0.1) is 0 Å². The lowest BCUT2D eigenvalue weighted by atomic mass is 10.1. The van der Waals surface area contributed by atoms with E-state index in [1.807, 2.05) is 60.7 Å². The number of fused-ring (bicyclic) bond motifs is 1. The molecule has 0 aliphatic rings. The number of rotatable bonds is 7. The Morgan fingerprint density at radius 2 is 1.71 bits per heavy atom. The van der Waals surface area contributed by atoms with Crippen molar-refractivity contribution in [3.63, 3.8) is 0 Å². The van der Waals surface area contributed by atoms with Gasteiger partial charge in [0.15, 0.2) is 5.65 Å². The number of aromatic nitrogens is 3. The molecule has 5 rings (SSSR count). The molecule has 0 radical (unpaired) electrons. The minimum absolute atomic E-state index is 0.282. The van der Waals surface area contributed by atoms with Crippen molar-refractivity contribution in [2.45, 2.75) is 0 Å².